The van der Waals surface area contributed by atoms with Crippen molar-refractivity contribution in [2.75, 3.05) is 0 Å². The molecule has 0 bridgehead atoms. The highest BCUT2D eigenvalue weighted by Gasteiger charge is 2.05. The van der Waals surface area contributed by atoms with Gasteiger partial charge in [0.2, 0.25) is 0 Å². The Hall–Kier alpha value is -0.410. The monoisotopic (exact) mass is 274 g/mol. The Balaban J connectivity index is 2.46. The molecule has 1 unspecified atom stereocenters. The lowest BCUT2D eigenvalue weighted by Crippen LogP contribution is -2.04. The van der Waals surface area contributed by atoms with E-state index in [4.69, 9.17) is 0 Å². The van der Waals surface area contributed by atoms with Gasteiger partial charge in [0.25, 0.3) is 0 Å². The average Bonchev–Trinajstić information content (AvgIpc) is 2.23. The summed E-state index contributed by atoms with van der Waals surface area (Å²) < 4.78 is 14.2. The van der Waals surface area contributed by atoms with Gasteiger partial charge < -0.3 is 5.11 Å². The molecule has 0 radical (unpaired) electrons. The van der Waals surface area contributed by atoms with Crippen molar-refractivity contribution in [3.63, 3.8) is 0 Å². The molecular weight excluding hydrogens is 259 g/mol. The normalized spacial score (nSPS) is 12.8. The molecule has 0 saturated carbocycles. The second kappa shape index (κ2) is 6.23. The molecule has 0 spiro atoms. The lowest BCUT2D eigenvalue weighted by atomic mass is 10.0. The number of aryl methyl sites for hydroxylation is 1. The highest BCUT2D eigenvalue weighted by molar-refractivity contribution is 9.10. The minimum absolute atomic E-state index is 0.163. The van der Waals surface area contributed by atoms with Crippen LogP contribution < -0.4 is 0 Å². The third-order valence-corrected chi connectivity index (χ3v) is 2.96. The largest absolute Gasteiger partial charge is 0.393 e. The molecule has 84 valence electrons. The van der Waals surface area contributed by atoms with E-state index in [-0.39, 0.29) is 11.9 Å². The first-order valence-electron chi connectivity index (χ1n) is 5.25. The summed E-state index contributed by atoms with van der Waals surface area (Å²) in [5.74, 6) is -0.163. The second-order valence-corrected chi connectivity index (χ2v) is 4.61. The molecule has 1 rings (SSSR count). The summed E-state index contributed by atoms with van der Waals surface area (Å²) in [6.07, 6.45) is 2.76. The molecule has 1 aromatic carbocycles. The van der Waals surface area contributed by atoms with Crippen LogP contribution in [-0.2, 0) is 6.42 Å². The first-order chi connectivity index (χ1) is 7.13. The zero-order valence-electron chi connectivity index (χ0n) is 8.84. The predicted molar refractivity (Wildman–Crippen MR) is 63.3 cm³/mol. The third-order valence-electron chi connectivity index (χ3n) is 2.46. The van der Waals surface area contributed by atoms with Gasteiger partial charge in [-0.15, -0.1) is 0 Å². The molecule has 0 heterocycles. The molecule has 0 aromatic heterocycles. The summed E-state index contributed by atoms with van der Waals surface area (Å²) >= 11 is 3.31. The van der Waals surface area contributed by atoms with Crippen LogP contribution in [0.1, 0.15) is 31.7 Å². The van der Waals surface area contributed by atoms with E-state index < -0.39 is 0 Å². The highest BCUT2D eigenvalue weighted by Crippen LogP contribution is 2.18. The molecular formula is C12H16BrFO. The minimum atomic E-state index is -0.250. The Labute approximate surface area is 98.4 Å². The molecule has 3 heteroatoms. The Morgan fingerprint density at radius 2 is 2.20 bits per heavy atom. The quantitative estimate of drug-likeness (QED) is 0.869. The summed E-state index contributed by atoms with van der Waals surface area (Å²) in [4.78, 5) is 0. The van der Waals surface area contributed by atoms with E-state index in [9.17, 15) is 9.50 Å². The van der Waals surface area contributed by atoms with Crippen LogP contribution in [0.4, 0.5) is 4.39 Å². The van der Waals surface area contributed by atoms with Gasteiger partial charge in [-0.2, -0.15) is 0 Å². The first-order valence-corrected chi connectivity index (χ1v) is 6.04. The van der Waals surface area contributed by atoms with Crippen LogP contribution in [0.3, 0.4) is 0 Å². The van der Waals surface area contributed by atoms with Crippen molar-refractivity contribution >= 4 is 15.9 Å². The summed E-state index contributed by atoms with van der Waals surface area (Å²) in [6.45, 7) is 1.95. The van der Waals surface area contributed by atoms with Gasteiger partial charge in [-0.25, -0.2) is 4.39 Å². The number of hydrogen-bond acceptors (Lipinski definition) is 1. The van der Waals surface area contributed by atoms with Crippen LogP contribution in [-0.4, -0.2) is 11.2 Å². The third kappa shape index (κ3) is 4.31. The fourth-order valence-corrected chi connectivity index (χ4v) is 1.88. The molecule has 0 aliphatic carbocycles. The van der Waals surface area contributed by atoms with Gasteiger partial charge in [0, 0.05) is 4.47 Å². The lowest BCUT2D eigenvalue weighted by molar-refractivity contribution is 0.157. The first kappa shape index (κ1) is 12.7. The van der Waals surface area contributed by atoms with Crippen molar-refractivity contribution in [1.82, 2.24) is 0 Å². The van der Waals surface area contributed by atoms with Gasteiger partial charge in [-0.1, -0.05) is 22.9 Å². The zero-order chi connectivity index (χ0) is 11.3. The van der Waals surface area contributed by atoms with Crippen molar-refractivity contribution in [3.8, 4) is 0 Å². The summed E-state index contributed by atoms with van der Waals surface area (Å²) in [5, 5.41) is 9.36. The van der Waals surface area contributed by atoms with Crippen molar-refractivity contribution < 1.29 is 9.50 Å². The topological polar surface area (TPSA) is 20.2 Å². The maximum Gasteiger partial charge on any atom is 0.126 e. The Bertz CT molecular complexity index is 314. The molecule has 0 aliphatic heterocycles. The predicted octanol–water partition coefficient (Wildman–Crippen LogP) is 3.68. The standard InChI is InChI=1S/C12H16BrFO/c1-2-11(15)5-3-4-9-8-10(13)6-7-12(9)14/h6-8,11,15H,2-5H2,1H3. The number of hydrogen-bond donors (Lipinski definition) is 1. The number of halogens is 2. The molecule has 0 amide bonds. The van der Waals surface area contributed by atoms with E-state index in [1.54, 1.807) is 12.1 Å². The smallest absolute Gasteiger partial charge is 0.126 e. The van der Waals surface area contributed by atoms with Crippen molar-refractivity contribution in [2.24, 2.45) is 0 Å². The Kier molecular flexibility index (Phi) is 5.26. The highest BCUT2D eigenvalue weighted by atomic mass is 79.9. The summed E-state index contributed by atoms with van der Waals surface area (Å²) in [6, 6.07) is 4.96. The maximum atomic E-state index is 13.3. The van der Waals surface area contributed by atoms with Crippen molar-refractivity contribution in [2.45, 2.75) is 38.7 Å². The SMILES string of the molecule is CCC(O)CCCc1cc(Br)ccc1F. The lowest BCUT2D eigenvalue weighted by Gasteiger charge is -2.07. The van der Waals surface area contributed by atoms with Crippen LogP contribution in [0.25, 0.3) is 0 Å². The maximum absolute atomic E-state index is 13.3. The Morgan fingerprint density at radius 1 is 1.47 bits per heavy atom. The van der Waals surface area contributed by atoms with Crippen molar-refractivity contribution in [3.05, 3.63) is 34.1 Å². The van der Waals surface area contributed by atoms with Gasteiger partial charge in [0.15, 0.2) is 0 Å². The van der Waals surface area contributed by atoms with Gasteiger partial charge >= 0.3 is 0 Å². The van der Waals surface area contributed by atoms with Crippen LogP contribution in [0.15, 0.2) is 22.7 Å². The van der Waals surface area contributed by atoms with Gasteiger partial charge in [0.05, 0.1) is 6.10 Å². The molecule has 0 saturated heterocycles. The summed E-state index contributed by atoms with van der Waals surface area (Å²) in [7, 11) is 0. The van der Waals surface area contributed by atoms with E-state index in [2.05, 4.69) is 15.9 Å². The molecule has 1 N–H and O–H groups in total. The zero-order valence-corrected chi connectivity index (χ0v) is 10.4. The van der Waals surface area contributed by atoms with Gasteiger partial charge in [-0.05, 0) is 49.4 Å². The fraction of sp³-hybridized carbons (Fsp3) is 0.500. The molecule has 0 aliphatic rings. The van der Waals surface area contributed by atoms with Crippen LogP contribution in [0.5, 0.6) is 0 Å². The fourth-order valence-electron chi connectivity index (χ4n) is 1.47. The molecule has 1 atom stereocenters. The van der Waals surface area contributed by atoms with Crippen LogP contribution >= 0.6 is 15.9 Å². The minimum Gasteiger partial charge on any atom is -0.393 e. The molecule has 15 heavy (non-hydrogen) atoms. The number of aliphatic hydroxyl groups is 1. The van der Waals surface area contributed by atoms with E-state index >= 15 is 0 Å². The molecule has 1 nitrogen and oxygen atoms in total. The van der Waals surface area contributed by atoms with E-state index in [1.165, 1.54) is 6.07 Å². The van der Waals surface area contributed by atoms with Gasteiger partial charge in [-0.3, -0.25) is 0 Å². The van der Waals surface area contributed by atoms with Crippen LogP contribution in [0.2, 0.25) is 0 Å². The van der Waals surface area contributed by atoms with E-state index in [0.717, 1.165) is 23.7 Å². The number of aliphatic hydroxyl groups excluding tert-OH is 1. The average molecular weight is 275 g/mol. The van der Waals surface area contributed by atoms with E-state index in [1.807, 2.05) is 6.92 Å². The van der Waals surface area contributed by atoms with Crippen molar-refractivity contribution in [1.29, 1.82) is 0 Å². The molecule has 0 fully saturated rings. The molecule has 1 aromatic rings. The summed E-state index contributed by atoms with van der Waals surface area (Å²) in [5.41, 5.74) is 0.715. The number of rotatable bonds is 5. The van der Waals surface area contributed by atoms with E-state index in [0.29, 0.717) is 12.0 Å². The second-order valence-electron chi connectivity index (χ2n) is 3.69. The van der Waals surface area contributed by atoms with Crippen LogP contribution in [0, 0.1) is 5.82 Å². The Morgan fingerprint density at radius 3 is 2.87 bits per heavy atom. The van der Waals surface area contributed by atoms with Gasteiger partial charge in [0.1, 0.15) is 5.82 Å². The number of benzene rings is 1.